The molecule has 0 bridgehead atoms. The highest BCUT2D eigenvalue weighted by atomic mass is 16.5. The van der Waals surface area contributed by atoms with Crippen molar-refractivity contribution in [3.8, 4) is 5.75 Å². The quantitative estimate of drug-likeness (QED) is 0.640. The molecule has 21 heavy (non-hydrogen) atoms. The largest absolute Gasteiger partial charge is 0.493 e. The lowest BCUT2D eigenvalue weighted by Crippen LogP contribution is -2.40. The fourth-order valence-electron chi connectivity index (χ4n) is 2.90. The van der Waals surface area contributed by atoms with Gasteiger partial charge in [-0.3, -0.25) is 0 Å². The molecule has 1 aliphatic heterocycles. The van der Waals surface area contributed by atoms with E-state index < -0.39 is 0 Å². The van der Waals surface area contributed by atoms with E-state index in [4.69, 9.17) is 9.47 Å². The molecular weight excluding hydrogens is 260 g/mol. The normalized spacial score (nSPS) is 21.6. The lowest BCUT2D eigenvalue weighted by Gasteiger charge is -2.44. The van der Waals surface area contributed by atoms with Gasteiger partial charge in [0.25, 0.3) is 0 Å². The van der Waals surface area contributed by atoms with E-state index in [9.17, 15) is 0 Å². The van der Waals surface area contributed by atoms with Gasteiger partial charge in [-0.15, -0.1) is 0 Å². The molecule has 1 saturated heterocycles. The Bertz CT molecular complexity index is 422. The first-order valence-corrected chi connectivity index (χ1v) is 8.41. The highest BCUT2D eigenvalue weighted by molar-refractivity contribution is 5.30. The van der Waals surface area contributed by atoms with Gasteiger partial charge in [0.05, 0.1) is 19.3 Å². The molecule has 1 fully saturated rings. The average molecular weight is 290 g/mol. The van der Waals surface area contributed by atoms with Crippen molar-refractivity contribution in [1.82, 2.24) is 0 Å². The Labute approximate surface area is 129 Å². The van der Waals surface area contributed by atoms with Crippen LogP contribution in [0.4, 0.5) is 0 Å². The molecule has 118 valence electrons. The van der Waals surface area contributed by atoms with Gasteiger partial charge >= 0.3 is 0 Å². The van der Waals surface area contributed by atoms with Crippen molar-refractivity contribution >= 4 is 0 Å². The third kappa shape index (κ3) is 4.23. The molecule has 0 aromatic heterocycles. The van der Waals surface area contributed by atoms with Crippen LogP contribution in [0.3, 0.4) is 0 Å². The first kappa shape index (κ1) is 16.4. The zero-order valence-electron chi connectivity index (χ0n) is 14.0. The predicted molar refractivity (Wildman–Crippen MR) is 87.7 cm³/mol. The molecule has 2 heteroatoms. The van der Waals surface area contributed by atoms with Gasteiger partial charge in [-0.1, -0.05) is 59.1 Å². The Hall–Kier alpha value is -1.02. The van der Waals surface area contributed by atoms with E-state index in [-0.39, 0.29) is 11.5 Å². The van der Waals surface area contributed by atoms with Crippen molar-refractivity contribution in [2.75, 3.05) is 13.2 Å². The van der Waals surface area contributed by atoms with E-state index in [0.29, 0.717) is 5.92 Å². The summed E-state index contributed by atoms with van der Waals surface area (Å²) in [5, 5.41) is 0. The number of rotatable bonds is 8. The zero-order valence-corrected chi connectivity index (χ0v) is 14.0. The first-order valence-electron chi connectivity index (χ1n) is 8.41. The van der Waals surface area contributed by atoms with Crippen molar-refractivity contribution in [3.63, 3.8) is 0 Å². The van der Waals surface area contributed by atoms with Gasteiger partial charge in [-0.05, 0) is 30.0 Å². The first-order chi connectivity index (χ1) is 10.1. The molecule has 1 aliphatic rings. The molecule has 0 radical (unpaired) electrons. The van der Waals surface area contributed by atoms with Crippen LogP contribution in [-0.2, 0) is 4.74 Å². The molecule has 2 unspecified atom stereocenters. The molecule has 0 N–H and O–H groups in total. The van der Waals surface area contributed by atoms with Gasteiger partial charge in [0.15, 0.2) is 0 Å². The van der Waals surface area contributed by atoms with E-state index in [1.807, 2.05) is 0 Å². The molecule has 0 amide bonds. The second-order valence-electron chi connectivity index (χ2n) is 6.98. The van der Waals surface area contributed by atoms with E-state index >= 15 is 0 Å². The summed E-state index contributed by atoms with van der Waals surface area (Å²) in [7, 11) is 0. The van der Waals surface area contributed by atoms with Gasteiger partial charge < -0.3 is 9.47 Å². The molecule has 0 saturated carbocycles. The van der Waals surface area contributed by atoms with Crippen molar-refractivity contribution in [2.24, 2.45) is 11.3 Å². The van der Waals surface area contributed by atoms with Crippen molar-refractivity contribution in [3.05, 3.63) is 29.8 Å². The van der Waals surface area contributed by atoms with Crippen LogP contribution in [0.25, 0.3) is 0 Å². The monoisotopic (exact) mass is 290 g/mol. The van der Waals surface area contributed by atoms with Crippen molar-refractivity contribution in [1.29, 1.82) is 0 Å². The summed E-state index contributed by atoms with van der Waals surface area (Å²) in [5.41, 5.74) is 1.52. The molecule has 2 rings (SSSR count). The molecule has 2 atom stereocenters. The van der Waals surface area contributed by atoms with E-state index in [2.05, 4.69) is 52.0 Å². The van der Waals surface area contributed by atoms with Crippen LogP contribution >= 0.6 is 0 Å². The standard InChI is InChI=1S/C19H30O2/c1-5-7-8-15(6-2)13-20-17-11-9-16(10-12-17)18-19(3,4)14-21-18/h9-12,15,18H,5-8,13-14H2,1-4H3. The average Bonchev–Trinajstić information content (AvgIpc) is 2.48. The molecule has 2 nitrogen and oxygen atoms in total. The third-order valence-corrected chi connectivity index (χ3v) is 4.54. The van der Waals surface area contributed by atoms with Crippen molar-refractivity contribution < 1.29 is 9.47 Å². The second kappa shape index (κ2) is 7.31. The molecule has 1 aromatic carbocycles. The summed E-state index contributed by atoms with van der Waals surface area (Å²) >= 11 is 0. The van der Waals surface area contributed by atoms with Crippen LogP contribution in [0.5, 0.6) is 5.75 Å². The van der Waals surface area contributed by atoms with E-state index in [1.165, 1.54) is 31.2 Å². The summed E-state index contributed by atoms with van der Waals surface area (Å²) in [5.74, 6) is 1.66. The number of hydrogen-bond acceptors (Lipinski definition) is 2. The Morgan fingerprint density at radius 3 is 2.43 bits per heavy atom. The van der Waals surface area contributed by atoms with Crippen LogP contribution in [0.15, 0.2) is 24.3 Å². The maximum absolute atomic E-state index is 5.95. The maximum atomic E-state index is 5.95. The van der Waals surface area contributed by atoms with Crippen LogP contribution < -0.4 is 4.74 Å². The topological polar surface area (TPSA) is 18.5 Å². The molecule has 0 spiro atoms. The molecule has 0 aliphatic carbocycles. The summed E-state index contributed by atoms with van der Waals surface area (Å²) in [6, 6.07) is 8.46. The number of hydrogen-bond donors (Lipinski definition) is 0. The van der Waals surface area contributed by atoms with E-state index in [1.54, 1.807) is 0 Å². The Morgan fingerprint density at radius 1 is 1.24 bits per heavy atom. The minimum absolute atomic E-state index is 0.236. The van der Waals surface area contributed by atoms with E-state index in [0.717, 1.165) is 19.0 Å². The van der Waals surface area contributed by atoms with Gasteiger partial charge in [0.1, 0.15) is 5.75 Å². The van der Waals surface area contributed by atoms with Crippen molar-refractivity contribution in [2.45, 2.75) is 59.5 Å². The number of ether oxygens (including phenoxy) is 2. The summed E-state index contributed by atoms with van der Waals surface area (Å²) in [6.07, 6.45) is 5.27. The minimum atomic E-state index is 0.236. The SMILES string of the molecule is CCCCC(CC)COc1ccc(C2OCC2(C)C)cc1. The molecule has 1 heterocycles. The third-order valence-electron chi connectivity index (χ3n) is 4.54. The van der Waals surface area contributed by atoms with Crippen LogP contribution in [0.1, 0.15) is 65.0 Å². The summed E-state index contributed by atoms with van der Waals surface area (Å²) < 4.78 is 11.6. The van der Waals surface area contributed by atoms with Crippen LogP contribution in [-0.4, -0.2) is 13.2 Å². The molecule has 1 aromatic rings. The smallest absolute Gasteiger partial charge is 0.119 e. The zero-order chi connectivity index (χ0) is 15.3. The minimum Gasteiger partial charge on any atom is -0.493 e. The van der Waals surface area contributed by atoms with Crippen LogP contribution in [0.2, 0.25) is 0 Å². The highest BCUT2D eigenvalue weighted by Crippen LogP contribution is 2.45. The van der Waals surface area contributed by atoms with Gasteiger partial charge in [0.2, 0.25) is 0 Å². The highest BCUT2D eigenvalue weighted by Gasteiger charge is 2.40. The molecular formula is C19H30O2. The number of benzene rings is 1. The van der Waals surface area contributed by atoms with Gasteiger partial charge in [-0.2, -0.15) is 0 Å². The Morgan fingerprint density at radius 2 is 1.95 bits per heavy atom. The maximum Gasteiger partial charge on any atom is 0.119 e. The lowest BCUT2D eigenvalue weighted by atomic mass is 9.79. The van der Waals surface area contributed by atoms with Gasteiger partial charge in [-0.25, -0.2) is 0 Å². The second-order valence-corrected chi connectivity index (χ2v) is 6.98. The van der Waals surface area contributed by atoms with Gasteiger partial charge in [0, 0.05) is 5.41 Å². The van der Waals surface area contributed by atoms with Crippen LogP contribution in [0, 0.1) is 11.3 Å². The summed E-state index contributed by atoms with van der Waals surface area (Å²) in [4.78, 5) is 0. The lowest BCUT2D eigenvalue weighted by molar-refractivity contribution is -0.172. The Balaban J connectivity index is 1.85. The summed E-state index contributed by atoms with van der Waals surface area (Å²) in [6.45, 7) is 10.7. The predicted octanol–water partition coefficient (Wildman–Crippen LogP) is 5.38. The fraction of sp³-hybridized carbons (Fsp3) is 0.684. The fourth-order valence-corrected chi connectivity index (χ4v) is 2.90. The number of unbranched alkanes of at least 4 members (excludes halogenated alkanes) is 1. The Kier molecular flexibility index (Phi) is 5.69.